The zero-order valence-electron chi connectivity index (χ0n) is 34.8. The lowest BCUT2D eigenvalue weighted by Crippen LogP contribution is -2.47. The first-order valence-electron chi connectivity index (χ1n) is 19.1. The second-order valence-electron chi connectivity index (χ2n) is 13.9. The molecule has 0 aliphatic carbocycles. The van der Waals surface area contributed by atoms with E-state index < -0.39 is 5.82 Å². The highest BCUT2D eigenvalue weighted by Crippen LogP contribution is 2.36. The van der Waals surface area contributed by atoms with Crippen molar-refractivity contribution in [2.45, 2.75) is 92.2 Å². The summed E-state index contributed by atoms with van der Waals surface area (Å²) in [7, 11) is 4.01. The van der Waals surface area contributed by atoms with Crippen molar-refractivity contribution in [1.29, 1.82) is 0 Å². The third kappa shape index (κ3) is 14.2. The van der Waals surface area contributed by atoms with Gasteiger partial charge < -0.3 is 24.1 Å². The predicted molar refractivity (Wildman–Crippen MR) is 220 cm³/mol. The number of amides is 1. The Hall–Kier alpha value is -4.68. The van der Waals surface area contributed by atoms with Crippen LogP contribution in [0.4, 0.5) is 4.39 Å². The van der Waals surface area contributed by atoms with Crippen LogP contribution in [-0.4, -0.2) is 108 Å². The molecule has 1 aromatic heterocycles. The number of hydrogen-bond acceptors (Lipinski definition) is 9. The molecule has 0 unspecified atom stereocenters. The maximum Gasteiger partial charge on any atom is 0.293 e. The summed E-state index contributed by atoms with van der Waals surface area (Å²) in [5, 5.41) is 7.85. The third-order valence-electron chi connectivity index (χ3n) is 8.99. The number of allylic oxidation sites excluding steroid dienone is 2. The number of rotatable bonds is 6. The van der Waals surface area contributed by atoms with E-state index in [9.17, 15) is 19.2 Å². The first-order valence-corrected chi connectivity index (χ1v) is 19.1. The number of benzene rings is 2. The molecule has 0 radical (unpaired) electrons. The Labute approximate surface area is 327 Å². The van der Waals surface area contributed by atoms with E-state index in [1.54, 1.807) is 41.3 Å². The topological polar surface area (TPSA) is 125 Å². The van der Waals surface area contributed by atoms with Crippen LogP contribution in [0.3, 0.4) is 0 Å². The second-order valence-corrected chi connectivity index (χ2v) is 13.9. The molecular weight excluding hydrogens is 701 g/mol. The summed E-state index contributed by atoms with van der Waals surface area (Å²) in [6, 6.07) is 8.88. The molecule has 1 N–H and O–H groups in total. The fourth-order valence-electron chi connectivity index (χ4n) is 5.76. The van der Waals surface area contributed by atoms with Gasteiger partial charge in [-0.15, -0.1) is 0 Å². The number of piperazine rings is 1. The number of carbonyl (C=O) groups is 3. The average molecular weight is 766 g/mol. The molecule has 1 atom stereocenters. The molecule has 6 rings (SSSR count). The molecular formula is C43H64FN5O6. The summed E-state index contributed by atoms with van der Waals surface area (Å²) >= 11 is 0. The van der Waals surface area contributed by atoms with Gasteiger partial charge in [-0.25, -0.2) is 9.49 Å². The first-order chi connectivity index (χ1) is 26.2. The minimum absolute atomic E-state index is 0.0169. The minimum Gasteiger partial charge on any atom is -0.492 e. The Morgan fingerprint density at radius 1 is 1.02 bits per heavy atom. The number of hydrogen-bond donors (Lipinski definition) is 1. The van der Waals surface area contributed by atoms with Crippen molar-refractivity contribution >= 4 is 29.4 Å². The second kappa shape index (κ2) is 24.0. The minimum atomic E-state index is -0.568. The Balaban J connectivity index is 0.000000516. The number of ether oxygens (including phenoxy) is 2. The summed E-state index contributed by atoms with van der Waals surface area (Å²) in [6.07, 6.45) is 7.31. The number of fused-ring (bicyclic) bond motifs is 2. The van der Waals surface area contributed by atoms with Crippen LogP contribution in [-0.2, 0) is 27.2 Å². The van der Waals surface area contributed by atoms with Crippen molar-refractivity contribution in [3.05, 3.63) is 94.2 Å². The molecule has 2 saturated heterocycles. The Morgan fingerprint density at radius 3 is 2.09 bits per heavy atom. The summed E-state index contributed by atoms with van der Waals surface area (Å²) in [5.74, 6) is -0.531. The van der Waals surface area contributed by atoms with Crippen LogP contribution in [0.2, 0.25) is 0 Å². The summed E-state index contributed by atoms with van der Waals surface area (Å²) in [5.41, 5.74) is 1.04. The number of aromatic nitrogens is 2. The van der Waals surface area contributed by atoms with Crippen LogP contribution in [0.5, 0.6) is 5.75 Å². The quantitative estimate of drug-likeness (QED) is 0.208. The van der Waals surface area contributed by atoms with Gasteiger partial charge >= 0.3 is 0 Å². The summed E-state index contributed by atoms with van der Waals surface area (Å²) in [6.45, 7) is 26.8. The van der Waals surface area contributed by atoms with Crippen LogP contribution >= 0.6 is 0 Å². The molecule has 2 aromatic carbocycles. The van der Waals surface area contributed by atoms with Gasteiger partial charge in [-0.1, -0.05) is 71.2 Å². The Bertz CT molecular complexity index is 1740. The number of nitrogens with one attached hydrogen (secondary N) is 1. The van der Waals surface area contributed by atoms with Gasteiger partial charge in [0.15, 0.2) is 0 Å². The van der Waals surface area contributed by atoms with Crippen molar-refractivity contribution in [3.8, 4) is 5.75 Å². The Morgan fingerprint density at radius 2 is 1.62 bits per heavy atom. The normalized spacial score (nSPS) is 17.3. The molecule has 2 fully saturated rings. The average Bonchev–Trinajstić information content (AvgIpc) is 3.80. The van der Waals surface area contributed by atoms with Gasteiger partial charge in [0.05, 0.1) is 23.2 Å². The molecule has 0 spiro atoms. The van der Waals surface area contributed by atoms with Gasteiger partial charge in [0.25, 0.3) is 17.9 Å². The van der Waals surface area contributed by atoms with E-state index >= 15 is 4.39 Å². The molecule has 3 aromatic rings. The smallest absolute Gasteiger partial charge is 0.293 e. The maximum atomic E-state index is 15.7. The zero-order chi connectivity index (χ0) is 41.8. The maximum absolute atomic E-state index is 15.7. The molecule has 4 heterocycles. The van der Waals surface area contributed by atoms with Gasteiger partial charge in [-0.05, 0) is 84.4 Å². The van der Waals surface area contributed by atoms with E-state index in [1.165, 1.54) is 0 Å². The molecule has 3 aliphatic heterocycles. The van der Waals surface area contributed by atoms with Gasteiger partial charge in [0, 0.05) is 44.4 Å². The van der Waals surface area contributed by atoms with Crippen molar-refractivity contribution in [3.63, 3.8) is 0 Å². The predicted octanol–water partition coefficient (Wildman–Crippen LogP) is 7.01. The summed E-state index contributed by atoms with van der Waals surface area (Å²) < 4.78 is 26.0. The number of aldehydes is 1. The fourth-order valence-corrected chi connectivity index (χ4v) is 5.76. The first kappa shape index (κ1) is 48.3. The Kier molecular flexibility index (Phi) is 21.1. The monoisotopic (exact) mass is 765 g/mol. The van der Waals surface area contributed by atoms with E-state index in [0.717, 1.165) is 44.3 Å². The van der Waals surface area contributed by atoms with Crippen LogP contribution in [0, 0.1) is 5.82 Å². The molecule has 11 nitrogen and oxygen atoms in total. The van der Waals surface area contributed by atoms with Gasteiger partial charge in [-0.3, -0.25) is 19.3 Å². The number of H-pyrrole nitrogens is 1. The van der Waals surface area contributed by atoms with E-state index in [4.69, 9.17) is 4.74 Å². The highest BCUT2D eigenvalue weighted by Gasteiger charge is 2.33. The molecule has 304 valence electrons. The largest absolute Gasteiger partial charge is 0.492 e. The van der Waals surface area contributed by atoms with E-state index in [2.05, 4.69) is 37.9 Å². The lowest BCUT2D eigenvalue weighted by atomic mass is 9.97. The van der Waals surface area contributed by atoms with Crippen LogP contribution < -0.4 is 10.3 Å². The van der Waals surface area contributed by atoms with Gasteiger partial charge in [0.1, 0.15) is 29.0 Å². The molecule has 3 aliphatic rings. The number of halogens is 1. The zero-order valence-corrected chi connectivity index (χ0v) is 34.8. The van der Waals surface area contributed by atoms with Crippen LogP contribution in [0.1, 0.15) is 95.4 Å². The van der Waals surface area contributed by atoms with E-state index in [1.807, 2.05) is 75.6 Å². The molecule has 12 heteroatoms. The van der Waals surface area contributed by atoms with Crippen molar-refractivity contribution < 1.29 is 28.2 Å². The summed E-state index contributed by atoms with van der Waals surface area (Å²) in [4.78, 5) is 51.4. The number of aromatic amines is 1. The van der Waals surface area contributed by atoms with Crippen molar-refractivity contribution in [2.24, 2.45) is 0 Å². The number of likely N-dealkylation sites (N-methyl/N-ethyl adjacent to an activating group) is 2. The van der Waals surface area contributed by atoms with Gasteiger partial charge in [-0.2, -0.15) is 5.10 Å². The lowest BCUT2D eigenvalue weighted by Gasteiger charge is -2.32. The molecule has 55 heavy (non-hydrogen) atoms. The van der Waals surface area contributed by atoms with Crippen molar-refractivity contribution in [1.82, 2.24) is 24.9 Å². The highest BCUT2D eigenvalue weighted by atomic mass is 19.1. The standard InChI is InChI=1S/C23H23FN4O3.C7H13NO.C5H10O2.C4H6.2C2H6/c1-27-7-9-28(10-8-27)23(30)19-20(24)15(12-14-6-11-31-21(14)19)13-18-16-4-2-3-5-17(16)22(29)26-25-18;1-7(6-9)4-3-5-8(7)2;1-5(2,3)7-4-6;1-3-4-2;2*1-2/h2-5,12H,6-11,13H2,1H3,(H,26,29);6H,3-5H2,1-2H3;4H,1-3H3;3-4H,1-2H2;2*1-2H3/t;7-;;;;/m.1..../s1. The lowest BCUT2D eigenvalue weighted by molar-refractivity contribution is -0.138. The number of nitrogens with zero attached hydrogens (tertiary/aromatic N) is 4. The SMILES string of the molecule is C=CC=C.CC.CC.CC(C)(C)OC=O.CN1CCC[C@]1(C)C=O.CN1CCN(C(=O)c2c(F)c(Cc3n[nH]c(=O)c4ccccc34)cc3c2OCC3)CC1. The molecule has 0 bridgehead atoms. The van der Waals surface area contributed by atoms with Crippen LogP contribution in [0.25, 0.3) is 10.8 Å². The molecule has 0 saturated carbocycles. The highest BCUT2D eigenvalue weighted by molar-refractivity contribution is 5.98. The van der Waals surface area contributed by atoms with E-state index in [-0.39, 0.29) is 34.6 Å². The van der Waals surface area contributed by atoms with E-state index in [0.29, 0.717) is 60.4 Å². The van der Waals surface area contributed by atoms with Crippen LogP contribution in [0.15, 0.2) is 60.4 Å². The fraction of sp³-hybridized carbons (Fsp3) is 0.512. The van der Waals surface area contributed by atoms with Gasteiger partial charge in [0.2, 0.25) is 0 Å². The third-order valence-corrected chi connectivity index (χ3v) is 8.99. The molecule has 1 amide bonds. The van der Waals surface area contributed by atoms with Crippen molar-refractivity contribution in [2.75, 3.05) is 53.4 Å². The number of likely N-dealkylation sites (tertiary alicyclic amines) is 1. The number of carbonyl (C=O) groups excluding carboxylic acids is 3.